The Bertz CT molecular complexity index is 93.0. The fourth-order valence-corrected chi connectivity index (χ4v) is 0.231. The Morgan fingerprint density at radius 3 is 2.89 bits per heavy atom. The number of ether oxygens (including phenoxy) is 1. The van der Waals surface area contributed by atoms with Crippen LogP contribution in [0.5, 0.6) is 0 Å². The molecule has 0 aromatic rings. The summed E-state index contributed by atoms with van der Waals surface area (Å²) in [7, 11) is 1.56. The standard InChI is InChI=1S/C5H12N2O2/c1-3-5(6)9-7-4-8-2/h3,7H,4,6H2,1-2H3/b5-3-. The summed E-state index contributed by atoms with van der Waals surface area (Å²) >= 11 is 0. The van der Waals surface area contributed by atoms with E-state index in [9.17, 15) is 0 Å². The van der Waals surface area contributed by atoms with E-state index in [1.165, 1.54) is 0 Å². The van der Waals surface area contributed by atoms with Crippen molar-refractivity contribution in [2.45, 2.75) is 6.92 Å². The highest BCUT2D eigenvalue weighted by Crippen LogP contribution is 1.79. The highest BCUT2D eigenvalue weighted by Gasteiger charge is 1.84. The van der Waals surface area contributed by atoms with Crippen LogP contribution in [0.4, 0.5) is 0 Å². The third-order valence-corrected chi connectivity index (χ3v) is 0.678. The summed E-state index contributed by atoms with van der Waals surface area (Å²) in [5.41, 5.74) is 7.70. The molecule has 0 bridgehead atoms. The normalized spacial score (nSPS) is 11.6. The van der Waals surface area contributed by atoms with Crippen LogP contribution in [0.2, 0.25) is 0 Å². The maximum absolute atomic E-state index is 5.23. The van der Waals surface area contributed by atoms with E-state index in [2.05, 4.69) is 10.2 Å². The lowest BCUT2D eigenvalue weighted by Crippen LogP contribution is -2.19. The van der Waals surface area contributed by atoms with Gasteiger partial charge in [-0.25, -0.2) is 0 Å². The van der Waals surface area contributed by atoms with Crippen molar-refractivity contribution in [3.05, 3.63) is 12.0 Å². The van der Waals surface area contributed by atoms with Crippen molar-refractivity contribution in [2.24, 2.45) is 5.73 Å². The van der Waals surface area contributed by atoms with Gasteiger partial charge in [-0.2, -0.15) is 0 Å². The van der Waals surface area contributed by atoms with Crippen molar-refractivity contribution in [3.63, 3.8) is 0 Å². The summed E-state index contributed by atoms with van der Waals surface area (Å²) in [5.74, 6) is 0.340. The average Bonchev–Trinajstić information content (AvgIpc) is 1.89. The molecule has 0 spiro atoms. The van der Waals surface area contributed by atoms with E-state index in [-0.39, 0.29) is 0 Å². The van der Waals surface area contributed by atoms with Gasteiger partial charge in [0.05, 0.1) is 0 Å². The van der Waals surface area contributed by atoms with Gasteiger partial charge < -0.3 is 15.3 Å². The molecule has 4 heteroatoms. The van der Waals surface area contributed by atoms with E-state index in [1.807, 2.05) is 0 Å². The van der Waals surface area contributed by atoms with Crippen molar-refractivity contribution in [3.8, 4) is 0 Å². The van der Waals surface area contributed by atoms with Crippen LogP contribution in [-0.2, 0) is 9.57 Å². The fraction of sp³-hybridized carbons (Fsp3) is 0.600. The zero-order chi connectivity index (χ0) is 7.11. The topological polar surface area (TPSA) is 56.5 Å². The minimum absolute atomic E-state index is 0.328. The SMILES string of the molecule is C/C=C(/N)ONCOC. The van der Waals surface area contributed by atoms with Crippen LogP contribution >= 0.6 is 0 Å². The Labute approximate surface area is 54.6 Å². The zero-order valence-electron chi connectivity index (χ0n) is 5.68. The summed E-state index contributed by atoms with van der Waals surface area (Å²) < 4.78 is 4.62. The van der Waals surface area contributed by atoms with Crippen LogP contribution in [0.3, 0.4) is 0 Å². The zero-order valence-corrected chi connectivity index (χ0v) is 5.68. The van der Waals surface area contributed by atoms with E-state index >= 15 is 0 Å². The average molecular weight is 132 g/mol. The molecule has 0 aromatic carbocycles. The Kier molecular flexibility index (Phi) is 4.95. The third-order valence-electron chi connectivity index (χ3n) is 0.678. The number of nitrogens with one attached hydrogen (secondary N) is 1. The fourth-order valence-electron chi connectivity index (χ4n) is 0.231. The van der Waals surface area contributed by atoms with Crippen LogP contribution < -0.4 is 11.2 Å². The Hall–Kier alpha value is -0.740. The predicted molar refractivity (Wildman–Crippen MR) is 34.0 cm³/mol. The second kappa shape index (κ2) is 5.40. The highest BCUT2D eigenvalue weighted by atomic mass is 16.7. The first-order valence-corrected chi connectivity index (χ1v) is 2.61. The van der Waals surface area contributed by atoms with Crippen molar-refractivity contribution in [1.82, 2.24) is 5.48 Å². The number of nitrogens with two attached hydrogens (primary N) is 1. The van der Waals surface area contributed by atoms with Gasteiger partial charge in [0, 0.05) is 7.11 Å². The van der Waals surface area contributed by atoms with Gasteiger partial charge >= 0.3 is 0 Å². The molecule has 0 rings (SSSR count). The van der Waals surface area contributed by atoms with E-state index in [4.69, 9.17) is 10.6 Å². The molecule has 0 amide bonds. The minimum Gasteiger partial charge on any atom is -0.389 e. The van der Waals surface area contributed by atoms with Gasteiger partial charge in [0.2, 0.25) is 5.88 Å². The summed E-state index contributed by atoms with van der Waals surface area (Å²) in [6.07, 6.45) is 1.64. The third kappa shape index (κ3) is 5.13. The molecule has 0 aliphatic carbocycles. The molecule has 0 aliphatic rings. The van der Waals surface area contributed by atoms with Gasteiger partial charge in [-0.3, -0.25) is 0 Å². The van der Waals surface area contributed by atoms with Gasteiger partial charge in [0.1, 0.15) is 6.73 Å². The molecule has 0 heterocycles. The first-order valence-electron chi connectivity index (χ1n) is 2.61. The number of methoxy groups -OCH3 is 1. The molecule has 0 atom stereocenters. The van der Waals surface area contributed by atoms with Gasteiger partial charge in [0.25, 0.3) is 0 Å². The minimum atomic E-state index is 0.328. The second-order valence-corrected chi connectivity index (χ2v) is 1.37. The van der Waals surface area contributed by atoms with E-state index in [0.29, 0.717) is 12.6 Å². The lowest BCUT2D eigenvalue weighted by Gasteiger charge is -2.03. The molecule has 3 N–H and O–H groups in total. The van der Waals surface area contributed by atoms with E-state index < -0.39 is 0 Å². The maximum Gasteiger partial charge on any atom is 0.205 e. The Morgan fingerprint density at radius 1 is 1.78 bits per heavy atom. The quantitative estimate of drug-likeness (QED) is 0.243. The number of rotatable bonds is 4. The van der Waals surface area contributed by atoms with E-state index in [0.717, 1.165) is 0 Å². The Morgan fingerprint density at radius 2 is 2.44 bits per heavy atom. The number of hydrogen-bond donors (Lipinski definition) is 2. The first kappa shape index (κ1) is 8.26. The van der Waals surface area contributed by atoms with Crippen molar-refractivity contribution < 1.29 is 9.57 Å². The summed E-state index contributed by atoms with van der Waals surface area (Å²) in [6, 6.07) is 0. The molecule has 0 saturated heterocycles. The molecular weight excluding hydrogens is 120 g/mol. The smallest absolute Gasteiger partial charge is 0.205 e. The lowest BCUT2D eigenvalue weighted by molar-refractivity contribution is 0.0194. The van der Waals surface area contributed by atoms with Crippen molar-refractivity contribution >= 4 is 0 Å². The molecule has 0 radical (unpaired) electrons. The molecule has 4 nitrogen and oxygen atoms in total. The van der Waals surface area contributed by atoms with Crippen LogP contribution in [0.1, 0.15) is 6.92 Å². The van der Waals surface area contributed by atoms with Gasteiger partial charge in [-0.15, -0.1) is 5.48 Å². The molecule has 0 aliphatic heterocycles. The lowest BCUT2D eigenvalue weighted by atomic mass is 10.7. The number of allylic oxidation sites excluding steroid dienone is 1. The van der Waals surface area contributed by atoms with Crippen LogP contribution in [0.15, 0.2) is 12.0 Å². The van der Waals surface area contributed by atoms with Crippen LogP contribution in [0, 0.1) is 0 Å². The molecule has 0 saturated carbocycles. The van der Waals surface area contributed by atoms with Gasteiger partial charge in [0.15, 0.2) is 0 Å². The summed E-state index contributed by atoms with van der Waals surface area (Å²) in [4.78, 5) is 4.70. The molecule has 9 heavy (non-hydrogen) atoms. The van der Waals surface area contributed by atoms with Crippen molar-refractivity contribution in [1.29, 1.82) is 0 Å². The Balaban J connectivity index is 3.07. The van der Waals surface area contributed by atoms with Crippen molar-refractivity contribution in [2.75, 3.05) is 13.8 Å². The summed E-state index contributed by atoms with van der Waals surface area (Å²) in [6.45, 7) is 2.11. The molecular formula is C5H12N2O2. The monoisotopic (exact) mass is 132 g/mol. The van der Waals surface area contributed by atoms with E-state index in [1.54, 1.807) is 20.1 Å². The van der Waals surface area contributed by atoms with Gasteiger partial charge in [-0.05, 0) is 13.0 Å². The largest absolute Gasteiger partial charge is 0.389 e. The highest BCUT2D eigenvalue weighted by molar-refractivity contribution is 4.80. The number of hydroxylamine groups is 1. The molecule has 0 unspecified atom stereocenters. The molecule has 54 valence electrons. The van der Waals surface area contributed by atoms with Crippen LogP contribution in [0.25, 0.3) is 0 Å². The van der Waals surface area contributed by atoms with Gasteiger partial charge in [-0.1, -0.05) is 0 Å². The second-order valence-electron chi connectivity index (χ2n) is 1.37. The molecule has 0 fully saturated rings. The maximum atomic E-state index is 5.23. The first-order chi connectivity index (χ1) is 4.31. The number of hydrogen-bond acceptors (Lipinski definition) is 4. The van der Waals surface area contributed by atoms with Crippen LogP contribution in [-0.4, -0.2) is 13.8 Å². The predicted octanol–water partition coefficient (Wildman–Crippen LogP) is -0.0685. The summed E-state index contributed by atoms with van der Waals surface area (Å²) in [5, 5.41) is 0. The molecule has 0 aromatic heterocycles.